The SMILES string of the molecule is CN(c1ccccc1)S(=O)(=O)c1ccc(C(=O)Nc2ccc(-c3cnco3)cc2)cc1. The van der Waals surface area contributed by atoms with E-state index < -0.39 is 10.0 Å². The third kappa shape index (κ3) is 4.34. The number of rotatable bonds is 6. The average molecular weight is 433 g/mol. The largest absolute Gasteiger partial charge is 0.444 e. The van der Waals surface area contributed by atoms with Crippen LogP contribution >= 0.6 is 0 Å². The zero-order valence-corrected chi connectivity index (χ0v) is 17.4. The van der Waals surface area contributed by atoms with Crippen LogP contribution in [0.5, 0.6) is 0 Å². The van der Waals surface area contributed by atoms with E-state index in [-0.39, 0.29) is 10.8 Å². The summed E-state index contributed by atoms with van der Waals surface area (Å²) < 4.78 is 32.1. The van der Waals surface area contributed by atoms with E-state index in [1.807, 2.05) is 18.2 Å². The van der Waals surface area contributed by atoms with Crippen molar-refractivity contribution in [2.45, 2.75) is 4.90 Å². The minimum absolute atomic E-state index is 0.104. The number of para-hydroxylation sites is 1. The Hall–Kier alpha value is -3.91. The minimum atomic E-state index is -3.73. The zero-order valence-electron chi connectivity index (χ0n) is 16.6. The fraction of sp³-hybridized carbons (Fsp3) is 0.0435. The molecule has 0 saturated heterocycles. The van der Waals surface area contributed by atoms with E-state index in [1.165, 1.54) is 42.0 Å². The molecular formula is C23H19N3O4S. The number of oxazole rings is 1. The Bertz CT molecular complexity index is 1270. The van der Waals surface area contributed by atoms with Gasteiger partial charge in [0, 0.05) is 23.9 Å². The molecule has 1 aromatic heterocycles. The maximum absolute atomic E-state index is 12.8. The van der Waals surface area contributed by atoms with Crippen LogP contribution in [0.1, 0.15) is 10.4 Å². The topological polar surface area (TPSA) is 92.5 Å². The molecule has 1 heterocycles. The molecule has 3 aromatic carbocycles. The standard InChI is InChI=1S/C23H19N3O4S/c1-26(20-5-3-2-4-6-20)31(28,29)21-13-9-18(10-14-21)23(27)25-19-11-7-17(8-12-19)22-15-24-16-30-22/h2-16H,1H3,(H,25,27). The Kier molecular flexibility index (Phi) is 5.55. The van der Waals surface area contributed by atoms with Crippen LogP contribution in [0.15, 0.2) is 101 Å². The monoisotopic (exact) mass is 433 g/mol. The maximum Gasteiger partial charge on any atom is 0.264 e. The maximum atomic E-state index is 12.8. The third-order valence-corrected chi connectivity index (χ3v) is 6.55. The molecule has 7 nitrogen and oxygen atoms in total. The van der Waals surface area contributed by atoms with Crippen molar-refractivity contribution in [3.8, 4) is 11.3 Å². The summed E-state index contributed by atoms with van der Waals surface area (Å²) in [6.07, 6.45) is 2.96. The van der Waals surface area contributed by atoms with E-state index in [9.17, 15) is 13.2 Å². The summed E-state index contributed by atoms with van der Waals surface area (Å²) in [5, 5.41) is 2.79. The first-order valence-electron chi connectivity index (χ1n) is 9.39. The van der Waals surface area contributed by atoms with Gasteiger partial charge in [-0.2, -0.15) is 0 Å². The van der Waals surface area contributed by atoms with E-state index in [2.05, 4.69) is 10.3 Å². The van der Waals surface area contributed by atoms with Crippen LogP contribution in [0.4, 0.5) is 11.4 Å². The number of amides is 1. The fourth-order valence-electron chi connectivity index (χ4n) is 2.99. The first-order valence-corrected chi connectivity index (χ1v) is 10.8. The second-order valence-electron chi connectivity index (χ2n) is 6.73. The van der Waals surface area contributed by atoms with Crippen LogP contribution in [-0.4, -0.2) is 26.4 Å². The molecule has 0 atom stereocenters. The summed E-state index contributed by atoms with van der Waals surface area (Å²) in [7, 11) is -2.24. The molecule has 0 radical (unpaired) electrons. The smallest absolute Gasteiger partial charge is 0.264 e. The van der Waals surface area contributed by atoms with E-state index in [4.69, 9.17) is 4.42 Å². The Morgan fingerprint density at radius 1 is 0.935 bits per heavy atom. The normalized spacial score (nSPS) is 11.1. The molecule has 4 rings (SSSR count). The van der Waals surface area contributed by atoms with Gasteiger partial charge in [0.05, 0.1) is 16.8 Å². The minimum Gasteiger partial charge on any atom is -0.444 e. The van der Waals surface area contributed by atoms with Gasteiger partial charge in [-0.15, -0.1) is 0 Å². The molecule has 4 aromatic rings. The van der Waals surface area contributed by atoms with Crippen LogP contribution in [0.3, 0.4) is 0 Å². The molecule has 0 aliphatic carbocycles. The average Bonchev–Trinajstić information content (AvgIpc) is 3.35. The van der Waals surface area contributed by atoms with Crippen molar-refractivity contribution >= 4 is 27.3 Å². The molecule has 31 heavy (non-hydrogen) atoms. The van der Waals surface area contributed by atoms with E-state index >= 15 is 0 Å². The Morgan fingerprint density at radius 2 is 1.61 bits per heavy atom. The van der Waals surface area contributed by atoms with Gasteiger partial charge in [0.1, 0.15) is 0 Å². The number of nitrogens with one attached hydrogen (secondary N) is 1. The number of hydrogen-bond acceptors (Lipinski definition) is 5. The highest BCUT2D eigenvalue weighted by Gasteiger charge is 2.21. The number of carbonyl (C=O) groups excluding carboxylic acids is 1. The lowest BCUT2D eigenvalue weighted by molar-refractivity contribution is 0.102. The van der Waals surface area contributed by atoms with Crippen LogP contribution in [0.2, 0.25) is 0 Å². The van der Waals surface area contributed by atoms with E-state index in [0.717, 1.165) is 5.56 Å². The molecule has 1 amide bonds. The number of carbonyl (C=O) groups is 1. The lowest BCUT2D eigenvalue weighted by atomic mass is 10.1. The van der Waals surface area contributed by atoms with Gasteiger partial charge in [-0.3, -0.25) is 9.10 Å². The number of nitrogens with zero attached hydrogens (tertiary/aromatic N) is 2. The van der Waals surface area contributed by atoms with Crippen molar-refractivity contribution in [3.05, 3.63) is 97.0 Å². The summed E-state index contributed by atoms with van der Waals surface area (Å²) in [5.41, 5.74) is 2.35. The molecule has 0 fully saturated rings. The molecule has 0 spiro atoms. The number of hydrogen-bond donors (Lipinski definition) is 1. The summed E-state index contributed by atoms with van der Waals surface area (Å²) in [6, 6.07) is 21.8. The van der Waals surface area contributed by atoms with Gasteiger partial charge in [0.25, 0.3) is 15.9 Å². The Balaban J connectivity index is 1.47. The molecule has 0 bridgehead atoms. The van der Waals surface area contributed by atoms with E-state index in [1.54, 1.807) is 42.6 Å². The predicted octanol–water partition coefficient (Wildman–Crippen LogP) is 4.42. The first kappa shape index (κ1) is 20.4. The second kappa shape index (κ2) is 8.45. The van der Waals surface area contributed by atoms with Gasteiger partial charge in [0.15, 0.2) is 12.2 Å². The second-order valence-corrected chi connectivity index (χ2v) is 8.70. The highest BCUT2D eigenvalue weighted by molar-refractivity contribution is 7.92. The first-order chi connectivity index (χ1) is 14.9. The van der Waals surface area contributed by atoms with Gasteiger partial charge in [-0.05, 0) is 60.7 Å². The fourth-order valence-corrected chi connectivity index (χ4v) is 4.19. The van der Waals surface area contributed by atoms with Gasteiger partial charge < -0.3 is 9.73 Å². The van der Waals surface area contributed by atoms with Gasteiger partial charge in [0.2, 0.25) is 0 Å². The molecule has 8 heteroatoms. The lowest BCUT2D eigenvalue weighted by Crippen LogP contribution is -2.26. The van der Waals surface area contributed by atoms with Gasteiger partial charge in [-0.25, -0.2) is 13.4 Å². The molecule has 156 valence electrons. The van der Waals surface area contributed by atoms with Crippen LogP contribution in [-0.2, 0) is 10.0 Å². The molecule has 0 saturated carbocycles. The van der Waals surface area contributed by atoms with Crippen molar-refractivity contribution in [2.24, 2.45) is 0 Å². The van der Waals surface area contributed by atoms with Crippen LogP contribution in [0.25, 0.3) is 11.3 Å². The summed E-state index contributed by atoms with van der Waals surface area (Å²) in [5.74, 6) is 0.294. The summed E-state index contributed by atoms with van der Waals surface area (Å²) >= 11 is 0. The Labute approximate surface area is 180 Å². The van der Waals surface area contributed by atoms with Crippen LogP contribution < -0.4 is 9.62 Å². The predicted molar refractivity (Wildman–Crippen MR) is 118 cm³/mol. The van der Waals surface area contributed by atoms with E-state index in [0.29, 0.717) is 22.7 Å². The van der Waals surface area contributed by atoms with Crippen molar-refractivity contribution in [1.82, 2.24) is 4.98 Å². The lowest BCUT2D eigenvalue weighted by Gasteiger charge is -2.19. The van der Waals surface area contributed by atoms with Gasteiger partial charge in [-0.1, -0.05) is 18.2 Å². The number of aromatic nitrogens is 1. The quantitative estimate of drug-likeness (QED) is 0.486. The van der Waals surface area contributed by atoms with Crippen LogP contribution in [0, 0.1) is 0 Å². The summed E-state index contributed by atoms with van der Waals surface area (Å²) in [4.78, 5) is 16.5. The molecule has 0 unspecified atom stereocenters. The van der Waals surface area contributed by atoms with Crippen molar-refractivity contribution < 1.29 is 17.6 Å². The number of anilines is 2. The highest BCUT2D eigenvalue weighted by atomic mass is 32.2. The highest BCUT2D eigenvalue weighted by Crippen LogP contribution is 2.23. The Morgan fingerprint density at radius 3 is 2.23 bits per heavy atom. The van der Waals surface area contributed by atoms with Gasteiger partial charge >= 0.3 is 0 Å². The molecule has 1 N–H and O–H groups in total. The molecule has 0 aliphatic rings. The van der Waals surface area contributed by atoms with Crippen molar-refractivity contribution in [3.63, 3.8) is 0 Å². The van der Waals surface area contributed by atoms with Crippen molar-refractivity contribution in [2.75, 3.05) is 16.7 Å². The zero-order chi connectivity index (χ0) is 21.8. The molecular weight excluding hydrogens is 414 g/mol. The number of benzene rings is 3. The molecule has 0 aliphatic heterocycles. The number of sulfonamides is 1. The summed E-state index contributed by atoms with van der Waals surface area (Å²) in [6.45, 7) is 0. The van der Waals surface area contributed by atoms with Crippen molar-refractivity contribution in [1.29, 1.82) is 0 Å². The third-order valence-electron chi connectivity index (χ3n) is 4.75.